The van der Waals surface area contributed by atoms with Crippen LogP contribution in [0.4, 0.5) is 10.5 Å². The number of benzene rings is 2. The Bertz CT molecular complexity index is 573. The summed E-state index contributed by atoms with van der Waals surface area (Å²) in [6.45, 7) is 0.0120. The Labute approximate surface area is 132 Å². The molecule has 3 N–H and O–H groups in total. The molecule has 0 heterocycles. The summed E-state index contributed by atoms with van der Waals surface area (Å²) in [7, 11) is 0. The quantitative estimate of drug-likeness (QED) is 0.771. The number of halogens is 1. The minimum absolute atomic E-state index is 0.0120. The lowest BCUT2D eigenvalue weighted by Gasteiger charge is -2.18. The first-order chi connectivity index (χ1) is 10.2. The highest BCUT2D eigenvalue weighted by molar-refractivity contribution is 9.10. The summed E-state index contributed by atoms with van der Waals surface area (Å²) in [6, 6.07) is 16.4. The van der Waals surface area contributed by atoms with Crippen LogP contribution in [-0.4, -0.2) is 17.7 Å². The number of hydrogen-bond acceptors (Lipinski definition) is 2. The zero-order valence-electron chi connectivity index (χ0n) is 11.4. The van der Waals surface area contributed by atoms with Gasteiger partial charge in [-0.15, -0.1) is 0 Å². The molecule has 110 valence electrons. The molecule has 0 fully saturated rings. The summed E-state index contributed by atoms with van der Waals surface area (Å²) < 4.78 is 0.955. The zero-order valence-corrected chi connectivity index (χ0v) is 13.0. The molecule has 2 rings (SSSR count). The zero-order chi connectivity index (χ0) is 15.1. The molecule has 5 heteroatoms. The Morgan fingerprint density at radius 1 is 1.10 bits per heavy atom. The van der Waals surface area contributed by atoms with Gasteiger partial charge in [0.1, 0.15) is 0 Å². The van der Waals surface area contributed by atoms with Crippen molar-refractivity contribution in [2.75, 3.05) is 11.9 Å². The summed E-state index contributed by atoms with van der Waals surface area (Å²) >= 11 is 3.35. The number of amides is 2. The first-order valence-corrected chi connectivity index (χ1v) is 7.47. The van der Waals surface area contributed by atoms with Crippen molar-refractivity contribution in [2.24, 2.45) is 0 Å². The molecule has 0 radical (unpaired) electrons. The molecule has 0 saturated heterocycles. The van der Waals surface area contributed by atoms with Crippen molar-refractivity contribution < 1.29 is 9.90 Å². The number of rotatable bonds is 5. The normalized spacial score (nSPS) is 11.7. The van der Waals surface area contributed by atoms with Crippen LogP contribution in [0.3, 0.4) is 0 Å². The average molecular weight is 349 g/mol. The smallest absolute Gasteiger partial charge is 0.319 e. The SMILES string of the molecule is O=C(Nc1ccc(Br)cc1)N[C@H](CCO)c1ccccc1. The average Bonchev–Trinajstić information content (AvgIpc) is 2.50. The molecule has 0 spiro atoms. The van der Waals surface area contributed by atoms with E-state index in [2.05, 4.69) is 26.6 Å². The Morgan fingerprint density at radius 3 is 2.38 bits per heavy atom. The van der Waals surface area contributed by atoms with Crippen molar-refractivity contribution in [3.63, 3.8) is 0 Å². The number of hydrogen-bond donors (Lipinski definition) is 3. The van der Waals surface area contributed by atoms with Gasteiger partial charge in [0.05, 0.1) is 6.04 Å². The number of urea groups is 1. The Balaban J connectivity index is 2.00. The number of nitrogens with one attached hydrogen (secondary N) is 2. The van der Waals surface area contributed by atoms with Crippen LogP contribution in [0.25, 0.3) is 0 Å². The highest BCUT2D eigenvalue weighted by Gasteiger charge is 2.13. The van der Waals surface area contributed by atoms with E-state index in [0.717, 1.165) is 10.0 Å². The molecular weight excluding hydrogens is 332 g/mol. The molecular formula is C16H17BrN2O2. The Morgan fingerprint density at radius 2 is 1.76 bits per heavy atom. The predicted molar refractivity (Wildman–Crippen MR) is 87.2 cm³/mol. The molecule has 0 aliphatic heterocycles. The van der Waals surface area contributed by atoms with Gasteiger partial charge in [0.2, 0.25) is 0 Å². The van der Waals surface area contributed by atoms with Gasteiger partial charge in [-0.1, -0.05) is 46.3 Å². The molecule has 0 aliphatic rings. The van der Waals surface area contributed by atoms with Crippen molar-refractivity contribution in [1.82, 2.24) is 5.32 Å². The van der Waals surface area contributed by atoms with Gasteiger partial charge in [0.15, 0.2) is 0 Å². The number of carbonyl (C=O) groups excluding carboxylic acids is 1. The maximum absolute atomic E-state index is 12.0. The fourth-order valence-corrected chi connectivity index (χ4v) is 2.26. The van der Waals surface area contributed by atoms with E-state index in [4.69, 9.17) is 5.11 Å². The third kappa shape index (κ3) is 4.88. The van der Waals surface area contributed by atoms with Gasteiger partial charge in [-0.3, -0.25) is 0 Å². The minimum Gasteiger partial charge on any atom is -0.396 e. The molecule has 0 bridgehead atoms. The van der Waals surface area contributed by atoms with Crippen LogP contribution < -0.4 is 10.6 Å². The van der Waals surface area contributed by atoms with E-state index < -0.39 is 0 Å². The van der Waals surface area contributed by atoms with Crippen LogP contribution in [0.5, 0.6) is 0 Å². The minimum atomic E-state index is -0.292. The fraction of sp³-hybridized carbons (Fsp3) is 0.188. The van der Waals surface area contributed by atoms with Crippen molar-refractivity contribution >= 4 is 27.6 Å². The third-order valence-electron chi connectivity index (χ3n) is 3.03. The molecule has 0 saturated carbocycles. The Kier molecular flexibility index (Phi) is 5.78. The largest absolute Gasteiger partial charge is 0.396 e. The van der Waals surface area contributed by atoms with Gasteiger partial charge in [0, 0.05) is 16.8 Å². The van der Waals surface area contributed by atoms with Gasteiger partial charge >= 0.3 is 6.03 Å². The lowest BCUT2D eigenvalue weighted by molar-refractivity contribution is 0.239. The summed E-state index contributed by atoms with van der Waals surface area (Å²) in [5, 5.41) is 14.8. The van der Waals surface area contributed by atoms with E-state index in [1.807, 2.05) is 54.6 Å². The first kappa shape index (κ1) is 15.5. The van der Waals surface area contributed by atoms with E-state index in [0.29, 0.717) is 12.1 Å². The highest BCUT2D eigenvalue weighted by atomic mass is 79.9. The van der Waals surface area contributed by atoms with Gasteiger partial charge < -0.3 is 15.7 Å². The second-order valence-electron chi connectivity index (χ2n) is 4.58. The first-order valence-electron chi connectivity index (χ1n) is 6.68. The van der Waals surface area contributed by atoms with Crippen molar-refractivity contribution in [3.8, 4) is 0 Å². The molecule has 2 aromatic carbocycles. The van der Waals surface area contributed by atoms with Crippen LogP contribution in [0.2, 0.25) is 0 Å². The van der Waals surface area contributed by atoms with Gasteiger partial charge in [0.25, 0.3) is 0 Å². The van der Waals surface area contributed by atoms with Crippen molar-refractivity contribution in [2.45, 2.75) is 12.5 Å². The summed E-state index contributed by atoms with van der Waals surface area (Å²) in [5.74, 6) is 0. The number of aliphatic hydroxyl groups is 1. The standard InChI is InChI=1S/C16H17BrN2O2/c17-13-6-8-14(9-7-13)18-16(21)19-15(10-11-20)12-4-2-1-3-5-12/h1-9,15,20H,10-11H2,(H2,18,19,21)/t15-/m1/s1. The lowest BCUT2D eigenvalue weighted by atomic mass is 10.0. The predicted octanol–water partition coefficient (Wildman–Crippen LogP) is 3.69. The van der Waals surface area contributed by atoms with E-state index >= 15 is 0 Å². The van der Waals surface area contributed by atoms with Crippen LogP contribution in [0, 0.1) is 0 Å². The van der Waals surface area contributed by atoms with E-state index in [1.54, 1.807) is 0 Å². The lowest BCUT2D eigenvalue weighted by Crippen LogP contribution is -2.33. The van der Waals surface area contributed by atoms with Crippen LogP contribution in [0.15, 0.2) is 59.1 Å². The second kappa shape index (κ2) is 7.81. The highest BCUT2D eigenvalue weighted by Crippen LogP contribution is 2.17. The van der Waals surface area contributed by atoms with Crippen molar-refractivity contribution in [3.05, 3.63) is 64.6 Å². The summed E-state index contributed by atoms with van der Waals surface area (Å²) in [6.07, 6.45) is 0.470. The topological polar surface area (TPSA) is 61.4 Å². The monoisotopic (exact) mass is 348 g/mol. The summed E-state index contributed by atoms with van der Waals surface area (Å²) in [5.41, 5.74) is 1.68. The van der Waals surface area contributed by atoms with E-state index in [9.17, 15) is 4.79 Å². The van der Waals surface area contributed by atoms with Crippen LogP contribution in [-0.2, 0) is 0 Å². The maximum atomic E-state index is 12.0. The molecule has 2 aromatic rings. The van der Waals surface area contributed by atoms with Gasteiger partial charge in [-0.25, -0.2) is 4.79 Å². The third-order valence-corrected chi connectivity index (χ3v) is 3.56. The molecule has 2 amide bonds. The van der Waals surface area contributed by atoms with E-state index in [1.165, 1.54) is 0 Å². The van der Waals surface area contributed by atoms with Gasteiger partial charge in [-0.2, -0.15) is 0 Å². The second-order valence-corrected chi connectivity index (χ2v) is 5.50. The molecule has 4 nitrogen and oxygen atoms in total. The number of aliphatic hydroxyl groups excluding tert-OH is 1. The molecule has 0 aliphatic carbocycles. The van der Waals surface area contributed by atoms with Crippen LogP contribution in [0.1, 0.15) is 18.0 Å². The fourth-order valence-electron chi connectivity index (χ4n) is 2.00. The van der Waals surface area contributed by atoms with E-state index in [-0.39, 0.29) is 18.7 Å². The summed E-state index contributed by atoms with van der Waals surface area (Å²) in [4.78, 5) is 12.0. The van der Waals surface area contributed by atoms with Crippen molar-refractivity contribution in [1.29, 1.82) is 0 Å². The van der Waals surface area contributed by atoms with Gasteiger partial charge in [-0.05, 0) is 36.2 Å². The maximum Gasteiger partial charge on any atom is 0.319 e. The number of anilines is 1. The number of carbonyl (C=O) groups is 1. The van der Waals surface area contributed by atoms with Crippen LogP contribution >= 0.6 is 15.9 Å². The molecule has 0 unspecified atom stereocenters. The molecule has 0 aromatic heterocycles. The molecule has 21 heavy (non-hydrogen) atoms. The molecule has 1 atom stereocenters. The Hall–Kier alpha value is -1.85.